The van der Waals surface area contributed by atoms with Crippen molar-refractivity contribution in [3.8, 4) is 0 Å². The van der Waals surface area contributed by atoms with Crippen LogP contribution in [0.15, 0.2) is 36.4 Å². The van der Waals surface area contributed by atoms with Crippen LogP contribution in [0, 0.1) is 11.8 Å². The zero-order valence-electron chi connectivity index (χ0n) is 11.6. The minimum Gasteiger partial charge on any atom is -0.299 e. The molecule has 1 aliphatic rings. The summed E-state index contributed by atoms with van der Waals surface area (Å²) in [7, 11) is 0. The fraction of sp³-hybridized carbons (Fsp3) is 0.412. The molecular weight excluding hydrogens is 236 g/mol. The monoisotopic (exact) mass is 256 g/mol. The average Bonchev–Trinajstić information content (AvgIpc) is 2.39. The van der Waals surface area contributed by atoms with Gasteiger partial charge in [-0.25, -0.2) is 0 Å². The maximum Gasteiger partial charge on any atom is 0.140 e. The predicted molar refractivity (Wildman–Crippen MR) is 76.6 cm³/mol. The first-order valence-corrected chi connectivity index (χ1v) is 6.86. The van der Waals surface area contributed by atoms with Gasteiger partial charge in [-0.3, -0.25) is 9.59 Å². The zero-order valence-corrected chi connectivity index (χ0v) is 11.6. The van der Waals surface area contributed by atoms with Crippen molar-refractivity contribution in [3.05, 3.63) is 42.0 Å². The summed E-state index contributed by atoms with van der Waals surface area (Å²) in [6.45, 7) is 3.05. The van der Waals surface area contributed by atoms with Gasteiger partial charge in [-0.15, -0.1) is 0 Å². The molecule has 1 aromatic rings. The Morgan fingerprint density at radius 1 is 1.11 bits per heavy atom. The summed E-state index contributed by atoms with van der Waals surface area (Å²) in [6.07, 6.45) is 5.15. The first-order valence-electron chi connectivity index (χ1n) is 6.86. The minimum atomic E-state index is -0.459. The number of carbonyl (C=O) groups is 2. The molecule has 0 spiro atoms. The van der Waals surface area contributed by atoms with E-state index >= 15 is 0 Å². The number of benzene rings is 1. The van der Waals surface area contributed by atoms with Gasteiger partial charge in [-0.05, 0) is 50.2 Å². The van der Waals surface area contributed by atoms with Gasteiger partial charge in [-0.1, -0.05) is 36.4 Å². The van der Waals surface area contributed by atoms with E-state index < -0.39 is 5.92 Å². The van der Waals surface area contributed by atoms with Gasteiger partial charge in [0.1, 0.15) is 11.6 Å². The Balaban J connectivity index is 2.28. The molecule has 2 heteroatoms. The number of hydrogen-bond acceptors (Lipinski definition) is 2. The Morgan fingerprint density at radius 2 is 1.74 bits per heavy atom. The van der Waals surface area contributed by atoms with Crippen LogP contribution in [0.5, 0.6) is 0 Å². The second kappa shape index (κ2) is 5.96. The van der Waals surface area contributed by atoms with Crippen molar-refractivity contribution in [2.24, 2.45) is 11.8 Å². The third kappa shape index (κ3) is 3.19. The number of ketones is 2. The second-order valence-corrected chi connectivity index (χ2v) is 5.31. The molecule has 1 atom stereocenters. The number of allylic oxidation sites excluding steroid dienone is 2. The third-order valence-corrected chi connectivity index (χ3v) is 3.85. The van der Waals surface area contributed by atoms with E-state index in [1.165, 1.54) is 25.0 Å². The van der Waals surface area contributed by atoms with Crippen LogP contribution in [0.3, 0.4) is 0 Å². The maximum absolute atomic E-state index is 11.7. The topological polar surface area (TPSA) is 34.1 Å². The number of carbonyl (C=O) groups excluding carboxylic acids is 2. The Morgan fingerprint density at radius 3 is 2.32 bits per heavy atom. The Kier molecular flexibility index (Phi) is 4.31. The molecule has 2 rings (SSSR count). The molecule has 2 nitrogen and oxygen atoms in total. The Labute approximate surface area is 114 Å². The fourth-order valence-corrected chi connectivity index (χ4v) is 3.00. The van der Waals surface area contributed by atoms with Crippen LogP contribution in [0.1, 0.15) is 38.7 Å². The molecule has 0 aliphatic heterocycles. The van der Waals surface area contributed by atoms with Crippen LogP contribution in [0.2, 0.25) is 0 Å². The van der Waals surface area contributed by atoms with Gasteiger partial charge in [0.2, 0.25) is 0 Å². The van der Waals surface area contributed by atoms with Crippen molar-refractivity contribution < 1.29 is 9.59 Å². The van der Waals surface area contributed by atoms with E-state index in [1.54, 1.807) is 0 Å². The molecule has 0 amide bonds. The lowest BCUT2D eigenvalue weighted by Crippen LogP contribution is -2.28. The van der Waals surface area contributed by atoms with E-state index in [1.807, 2.05) is 18.2 Å². The molecule has 0 heterocycles. The standard InChI is InChI=1S/C17H20O2/c1-12(18)17(13(2)19)16-10-6-9-15(11-16)14-7-4-3-5-8-14/h3-5,7-8,11,16-17H,6,9-10H2,1-2H3. The molecule has 19 heavy (non-hydrogen) atoms. The summed E-state index contributed by atoms with van der Waals surface area (Å²) in [5.41, 5.74) is 2.47. The van der Waals surface area contributed by atoms with Crippen LogP contribution < -0.4 is 0 Å². The first-order chi connectivity index (χ1) is 9.09. The van der Waals surface area contributed by atoms with Crippen LogP contribution >= 0.6 is 0 Å². The smallest absolute Gasteiger partial charge is 0.140 e. The third-order valence-electron chi connectivity index (χ3n) is 3.85. The highest BCUT2D eigenvalue weighted by molar-refractivity contribution is 6.01. The van der Waals surface area contributed by atoms with E-state index in [0.29, 0.717) is 0 Å². The lowest BCUT2D eigenvalue weighted by atomic mass is 9.77. The largest absolute Gasteiger partial charge is 0.299 e. The molecule has 0 fully saturated rings. The highest BCUT2D eigenvalue weighted by Crippen LogP contribution is 2.34. The van der Waals surface area contributed by atoms with E-state index in [9.17, 15) is 9.59 Å². The summed E-state index contributed by atoms with van der Waals surface area (Å²) in [5.74, 6) is -0.413. The van der Waals surface area contributed by atoms with Crippen molar-refractivity contribution in [1.29, 1.82) is 0 Å². The number of hydrogen-bond donors (Lipinski definition) is 0. The Bertz CT molecular complexity index is 485. The van der Waals surface area contributed by atoms with Crippen molar-refractivity contribution in [1.82, 2.24) is 0 Å². The lowest BCUT2D eigenvalue weighted by molar-refractivity contribution is -0.132. The van der Waals surface area contributed by atoms with Gasteiger partial charge in [0.15, 0.2) is 0 Å². The molecule has 0 saturated heterocycles. The van der Waals surface area contributed by atoms with Crippen LogP contribution in [0.25, 0.3) is 5.57 Å². The van der Waals surface area contributed by atoms with Crippen LogP contribution in [-0.4, -0.2) is 11.6 Å². The molecule has 1 aliphatic carbocycles. The second-order valence-electron chi connectivity index (χ2n) is 5.31. The highest BCUT2D eigenvalue weighted by Gasteiger charge is 2.30. The highest BCUT2D eigenvalue weighted by atomic mass is 16.1. The molecule has 1 unspecified atom stereocenters. The Hall–Kier alpha value is -1.70. The van der Waals surface area contributed by atoms with Gasteiger partial charge in [0.25, 0.3) is 0 Å². The SMILES string of the molecule is CC(=O)C(C(C)=O)C1C=C(c2ccccc2)CCC1. The molecule has 0 radical (unpaired) electrons. The van der Waals surface area contributed by atoms with Crippen LogP contribution in [-0.2, 0) is 9.59 Å². The molecule has 0 saturated carbocycles. The quantitative estimate of drug-likeness (QED) is 0.770. The number of Topliss-reactive ketones (excluding diaryl/α,β-unsaturated/α-hetero) is 2. The molecular formula is C17H20O2. The van der Waals surface area contributed by atoms with E-state index in [2.05, 4.69) is 18.2 Å². The average molecular weight is 256 g/mol. The van der Waals surface area contributed by atoms with Crippen molar-refractivity contribution in [2.75, 3.05) is 0 Å². The summed E-state index contributed by atoms with van der Waals surface area (Å²) < 4.78 is 0. The minimum absolute atomic E-state index is 0.0111. The van der Waals surface area contributed by atoms with Gasteiger partial charge in [0.05, 0.1) is 5.92 Å². The van der Waals surface area contributed by atoms with Crippen molar-refractivity contribution in [3.63, 3.8) is 0 Å². The molecule has 1 aromatic carbocycles. The fourth-order valence-electron chi connectivity index (χ4n) is 3.00. The summed E-state index contributed by atoms with van der Waals surface area (Å²) in [6, 6.07) is 10.2. The van der Waals surface area contributed by atoms with Gasteiger partial charge in [0, 0.05) is 0 Å². The van der Waals surface area contributed by atoms with Gasteiger partial charge >= 0.3 is 0 Å². The lowest BCUT2D eigenvalue weighted by Gasteiger charge is -2.26. The van der Waals surface area contributed by atoms with E-state index in [-0.39, 0.29) is 17.5 Å². The maximum atomic E-state index is 11.7. The molecule has 0 aromatic heterocycles. The molecule has 100 valence electrons. The summed E-state index contributed by atoms with van der Waals surface area (Å²) in [5, 5.41) is 0. The van der Waals surface area contributed by atoms with E-state index in [4.69, 9.17) is 0 Å². The van der Waals surface area contributed by atoms with E-state index in [0.717, 1.165) is 19.3 Å². The summed E-state index contributed by atoms with van der Waals surface area (Å²) >= 11 is 0. The first kappa shape index (κ1) is 13.7. The van der Waals surface area contributed by atoms with Gasteiger partial charge in [-0.2, -0.15) is 0 Å². The molecule has 0 bridgehead atoms. The molecule has 0 N–H and O–H groups in total. The van der Waals surface area contributed by atoms with Crippen LogP contribution in [0.4, 0.5) is 0 Å². The predicted octanol–water partition coefficient (Wildman–Crippen LogP) is 3.66. The number of rotatable bonds is 4. The summed E-state index contributed by atoms with van der Waals surface area (Å²) in [4.78, 5) is 23.4. The van der Waals surface area contributed by atoms with Gasteiger partial charge < -0.3 is 0 Å². The van der Waals surface area contributed by atoms with Crippen molar-refractivity contribution in [2.45, 2.75) is 33.1 Å². The van der Waals surface area contributed by atoms with Crippen molar-refractivity contribution >= 4 is 17.1 Å². The normalized spacial score (nSPS) is 19.1. The zero-order chi connectivity index (χ0) is 13.8.